The molecular formula is C39H43N3O3S. The summed E-state index contributed by atoms with van der Waals surface area (Å²) < 4.78 is 5.61. The molecule has 0 bridgehead atoms. The lowest BCUT2D eigenvalue weighted by atomic mass is 9.24. The summed E-state index contributed by atoms with van der Waals surface area (Å²) in [5.41, 5.74) is 6.71. The number of rotatable bonds is 7. The van der Waals surface area contributed by atoms with Gasteiger partial charge in [-0.15, -0.1) is 0 Å². The summed E-state index contributed by atoms with van der Waals surface area (Å²) in [6.45, 7) is 5.97. The van der Waals surface area contributed by atoms with E-state index < -0.39 is 6.09 Å². The molecule has 2 amide bonds. The Kier molecular flexibility index (Phi) is 7.43. The third-order valence-corrected chi connectivity index (χ3v) is 13.0. The number of carbonyl (C=O) groups is 2. The van der Waals surface area contributed by atoms with Crippen LogP contribution in [0.15, 0.2) is 72.8 Å². The minimum absolute atomic E-state index is 0.0145. The number of nitrogens with one attached hydrogen (secondary N) is 3. The first kappa shape index (κ1) is 29.7. The van der Waals surface area contributed by atoms with Gasteiger partial charge < -0.3 is 15.4 Å². The second kappa shape index (κ2) is 11.5. The van der Waals surface area contributed by atoms with Gasteiger partial charge in [0.15, 0.2) is 5.11 Å². The summed E-state index contributed by atoms with van der Waals surface area (Å²) in [5.74, 6) is 6.13. The lowest BCUT2D eigenvalue weighted by Crippen LogP contribution is -2.78. The second-order valence-electron chi connectivity index (χ2n) is 14.7. The van der Waals surface area contributed by atoms with Gasteiger partial charge in [0.1, 0.15) is 6.61 Å². The summed E-state index contributed by atoms with van der Waals surface area (Å²) in [6, 6.07) is 24.1. The topological polar surface area (TPSA) is 79.5 Å². The van der Waals surface area contributed by atoms with Crippen LogP contribution in [0.5, 0.6) is 0 Å². The molecule has 3 N–H and O–H groups in total. The van der Waals surface area contributed by atoms with Crippen molar-refractivity contribution in [2.75, 3.05) is 18.5 Å². The summed E-state index contributed by atoms with van der Waals surface area (Å²) in [6.07, 6.45) is 5.17. The van der Waals surface area contributed by atoms with Crippen molar-refractivity contribution < 1.29 is 14.3 Å². The third kappa shape index (κ3) is 4.76. The van der Waals surface area contributed by atoms with Crippen molar-refractivity contribution in [3.63, 3.8) is 0 Å². The highest BCUT2D eigenvalue weighted by Crippen LogP contribution is 2.80. The summed E-state index contributed by atoms with van der Waals surface area (Å²) in [7, 11) is 0. The van der Waals surface area contributed by atoms with Crippen LogP contribution in [0.1, 0.15) is 62.1 Å². The molecule has 8 unspecified atom stereocenters. The van der Waals surface area contributed by atoms with Crippen molar-refractivity contribution in [1.82, 2.24) is 10.6 Å². The zero-order valence-corrected chi connectivity index (χ0v) is 27.4. The van der Waals surface area contributed by atoms with Crippen LogP contribution < -0.4 is 16.0 Å². The van der Waals surface area contributed by atoms with Gasteiger partial charge in [0.2, 0.25) is 5.91 Å². The fourth-order valence-corrected chi connectivity index (χ4v) is 10.6. The Labute approximate surface area is 277 Å². The fraction of sp³-hybridized carbons (Fsp3) is 0.462. The number of thiocarbonyl (C=S) groups is 1. The number of amides is 2. The molecular weight excluding hydrogens is 591 g/mol. The Hall–Kier alpha value is -3.71. The number of hydrogen-bond acceptors (Lipinski definition) is 4. The molecule has 0 radical (unpaired) electrons. The van der Waals surface area contributed by atoms with E-state index in [4.69, 9.17) is 17.0 Å². The highest BCUT2D eigenvalue weighted by atomic mass is 32.1. The lowest BCUT2D eigenvalue weighted by Gasteiger charge is -2.81. The van der Waals surface area contributed by atoms with Crippen LogP contribution in [-0.2, 0) is 16.0 Å². The molecule has 5 aliphatic carbocycles. The smallest absolute Gasteiger partial charge is 0.413 e. The van der Waals surface area contributed by atoms with Crippen molar-refractivity contribution >= 4 is 35.0 Å². The Balaban J connectivity index is 0.811. The van der Waals surface area contributed by atoms with Crippen LogP contribution in [0.4, 0.5) is 10.5 Å². The number of fused-ring (bicyclic) bond motifs is 10. The van der Waals surface area contributed by atoms with Gasteiger partial charge in [0, 0.05) is 18.2 Å². The molecule has 8 atom stereocenters. The zero-order chi connectivity index (χ0) is 31.6. The molecule has 238 valence electrons. The van der Waals surface area contributed by atoms with Crippen LogP contribution in [0.25, 0.3) is 11.1 Å². The highest BCUT2D eigenvalue weighted by Gasteiger charge is 2.76. The molecule has 0 aliphatic heterocycles. The summed E-state index contributed by atoms with van der Waals surface area (Å²) in [4.78, 5) is 25.7. The number of alkyl carbamates (subject to hydrolysis) is 1. The van der Waals surface area contributed by atoms with Gasteiger partial charge in [0.05, 0.1) is 6.42 Å². The maximum atomic E-state index is 13.1. The van der Waals surface area contributed by atoms with E-state index in [2.05, 4.69) is 54.1 Å². The highest BCUT2D eigenvalue weighted by molar-refractivity contribution is 7.80. The van der Waals surface area contributed by atoms with Gasteiger partial charge >= 0.3 is 6.09 Å². The minimum atomic E-state index is -0.594. The van der Waals surface area contributed by atoms with Crippen molar-refractivity contribution in [3.05, 3.63) is 89.5 Å². The average Bonchev–Trinajstić information content (AvgIpc) is 3.36. The summed E-state index contributed by atoms with van der Waals surface area (Å²) in [5, 5.41) is 9.22. The van der Waals surface area contributed by atoms with Crippen molar-refractivity contribution in [1.29, 1.82) is 0 Å². The standard InChI is InChI=1S/C39H43N3O3S/c1-22-17-18-39(35(23(22)2)34-30-15-16-31(30)36(34)39)21-40-33(43)19-24-11-13-25(14-12-24)41-37(46)42-38(44)45-20-32-28-9-5-3-7-26(28)27-8-4-6-10-29(27)32/h3-14,22-23,30-32,34-36H,15-21H2,1-2H3,(H,40,43)(H2,41,42,44,46). The molecule has 3 aromatic rings. The number of benzene rings is 3. The van der Waals surface area contributed by atoms with Crippen molar-refractivity contribution in [2.45, 2.75) is 51.9 Å². The van der Waals surface area contributed by atoms with Crippen LogP contribution in [-0.4, -0.2) is 30.3 Å². The molecule has 0 spiro atoms. The van der Waals surface area contributed by atoms with Gasteiger partial charge in [-0.2, -0.15) is 0 Å². The van der Waals surface area contributed by atoms with Gasteiger partial charge in [-0.3, -0.25) is 10.1 Å². The van der Waals surface area contributed by atoms with Crippen molar-refractivity contribution in [3.8, 4) is 11.1 Å². The van der Waals surface area contributed by atoms with E-state index in [0.29, 0.717) is 11.8 Å². The number of carbonyl (C=O) groups excluding carboxylic acids is 2. The maximum Gasteiger partial charge on any atom is 0.413 e. The molecule has 3 aromatic carbocycles. The van der Waals surface area contributed by atoms with Gasteiger partial charge in [-0.25, -0.2) is 4.79 Å². The average molecular weight is 634 g/mol. The van der Waals surface area contributed by atoms with Crippen molar-refractivity contribution in [2.24, 2.45) is 46.8 Å². The molecule has 8 rings (SSSR count). The van der Waals surface area contributed by atoms with Gasteiger partial charge in [0.25, 0.3) is 0 Å². The predicted octanol–water partition coefficient (Wildman–Crippen LogP) is 7.54. The number of ether oxygens (including phenoxy) is 1. The lowest BCUT2D eigenvalue weighted by molar-refractivity contribution is -0.329. The largest absolute Gasteiger partial charge is 0.448 e. The van der Waals surface area contributed by atoms with Crippen LogP contribution in [0, 0.1) is 46.8 Å². The fourth-order valence-electron chi connectivity index (χ4n) is 10.4. The molecule has 0 heterocycles. The van der Waals surface area contributed by atoms with Gasteiger partial charge in [-0.1, -0.05) is 74.5 Å². The van der Waals surface area contributed by atoms with E-state index in [-0.39, 0.29) is 23.5 Å². The van der Waals surface area contributed by atoms with E-state index in [9.17, 15) is 9.59 Å². The number of anilines is 1. The summed E-state index contributed by atoms with van der Waals surface area (Å²) >= 11 is 5.38. The predicted molar refractivity (Wildman–Crippen MR) is 184 cm³/mol. The Morgan fingerprint density at radius 1 is 0.870 bits per heavy atom. The molecule has 4 fully saturated rings. The Morgan fingerprint density at radius 3 is 2.22 bits per heavy atom. The first-order valence-electron chi connectivity index (χ1n) is 17.1. The minimum Gasteiger partial charge on any atom is -0.448 e. The second-order valence-corrected chi connectivity index (χ2v) is 15.1. The van der Waals surface area contributed by atoms with Crippen LogP contribution in [0.2, 0.25) is 0 Å². The molecule has 4 saturated carbocycles. The van der Waals surface area contributed by atoms with E-state index in [1.54, 1.807) is 0 Å². The van der Waals surface area contributed by atoms with E-state index in [1.807, 2.05) is 48.5 Å². The molecule has 5 aliphatic rings. The van der Waals surface area contributed by atoms with Crippen LogP contribution in [0.3, 0.4) is 0 Å². The quantitative estimate of drug-likeness (QED) is 0.235. The molecule has 0 saturated heterocycles. The third-order valence-electron chi connectivity index (χ3n) is 12.8. The van der Waals surface area contributed by atoms with Gasteiger partial charge in [-0.05, 0) is 125 Å². The van der Waals surface area contributed by atoms with E-state index in [0.717, 1.165) is 70.3 Å². The first-order valence-corrected chi connectivity index (χ1v) is 17.5. The molecule has 7 heteroatoms. The van der Waals surface area contributed by atoms with E-state index >= 15 is 0 Å². The Bertz CT molecular complexity index is 1640. The first-order chi connectivity index (χ1) is 22.3. The maximum absolute atomic E-state index is 13.1. The molecule has 46 heavy (non-hydrogen) atoms. The Morgan fingerprint density at radius 2 is 1.54 bits per heavy atom. The molecule has 0 aromatic heterocycles. The monoisotopic (exact) mass is 633 g/mol. The van der Waals surface area contributed by atoms with E-state index in [1.165, 1.54) is 36.8 Å². The normalized spacial score (nSPS) is 31.2. The molecule has 6 nitrogen and oxygen atoms in total. The number of hydrogen-bond donors (Lipinski definition) is 3. The zero-order valence-electron chi connectivity index (χ0n) is 26.6. The van der Waals surface area contributed by atoms with Crippen LogP contribution >= 0.6 is 12.2 Å². The SMILES string of the molecule is CC1CCC2(CNC(=O)Cc3ccc(NC(=S)NC(=O)OCC4c5ccccc5-c5ccccc54)cc3)C(C1C)C1C3CCC3C12.